The predicted octanol–water partition coefficient (Wildman–Crippen LogP) is 11.2. The average molecular weight is 553 g/mol. The van der Waals surface area contributed by atoms with Crippen LogP contribution in [0.2, 0.25) is 0 Å². The van der Waals surface area contributed by atoms with Crippen LogP contribution in [-0.4, -0.2) is 4.98 Å². The van der Waals surface area contributed by atoms with Crippen LogP contribution in [0.5, 0.6) is 0 Å². The number of hydrogen-bond donors (Lipinski definition) is 0. The molecule has 9 rings (SSSR count). The third-order valence-corrected chi connectivity index (χ3v) is 8.38. The van der Waals surface area contributed by atoms with Crippen molar-refractivity contribution in [2.75, 3.05) is 4.90 Å². The average Bonchev–Trinajstić information content (AvgIpc) is 3.71. The number of hydrogen-bond acceptors (Lipinski definition) is 4. The van der Waals surface area contributed by atoms with Crippen molar-refractivity contribution in [2.45, 2.75) is 0 Å². The molecule has 202 valence electrons. The Morgan fingerprint density at radius 1 is 0.512 bits per heavy atom. The van der Waals surface area contributed by atoms with Gasteiger partial charge in [0.15, 0.2) is 12.0 Å². The summed E-state index contributed by atoms with van der Waals surface area (Å²) in [6.07, 6.45) is 1.52. The van der Waals surface area contributed by atoms with Gasteiger partial charge in [0.2, 0.25) is 0 Å². The Morgan fingerprint density at radius 2 is 1.19 bits per heavy atom. The summed E-state index contributed by atoms with van der Waals surface area (Å²) < 4.78 is 12.5. The van der Waals surface area contributed by atoms with Crippen LogP contribution in [0.25, 0.3) is 65.7 Å². The van der Waals surface area contributed by atoms with E-state index in [1.807, 2.05) is 30.3 Å². The SMILES string of the molecule is c1ccc(N(c2ccccc2)c2ccc(-c3cc4ccc5ncoc5c4c4c3ccc3c5ccccc5oc34)cc2)cc1. The number of nitrogens with zero attached hydrogens (tertiary/aromatic N) is 2. The summed E-state index contributed by atoms with van der Waals surface area (Å²) in [5.74, 6) is 0. The molecule has 0 fully saturated rings. The van der Waals surface area contributed by atoms with Crippen LogP contribution in [0.4, 0.5) is 17.1 Å². The summed E-state index contributed by atoms with van der Waals surface area (Å²) in [6.45, 7) is 0. The lowest BCUT2D eigenvalue weighted by molar-refractivity contribution is 0.605. The van der Waals surface area contributed by atoms with Crippen molar-refractivity contribution < 1.29 is 8.83 Å². The zero-order valence-corrected chi connectivity index (χ0v) is 23.1. The Morgan fingerprint density at radius 3 is 1.95 bits per heavy atom. The standard InChI is InChI=1S/C39H24N2O2/c1-3-9-27(10-4-1)41(28-11-5-2-6-12-28)29-18-15-25(16-19-29)33-23-26-17-22-34-39(42-24-40-34)36(26)37-31(33)20-21-32-30-13-7-8-14-35(30)43-38(32)37/h1-24H. The normalized spacial score (nSPS) is 11.7. The van der Waals surface area contributed by atoms with E-state index >= 15 is 0 Å². The van der Waals surface area contributed by atoms with Crippen LogP contribution in [0.3, 0.4) is 0 Å². The Hall–Kier alpha value is -5.87. The first-order chi connectivity index (χ1) is 21.3. The molecule has 0 saturated carbocycles. The number of para-hydroxylation sites is 3. The van der Waals surface area contributed by atoms with E-state index in [1.54, 1.807) is 0 Å². The fourth-order valence-electron chi connectivity index (χ4n) is 6.45. The number of anilines is 3. The van der Waals surface area contributed by atoms with E-state index in [-0.39, 0.29) is 0 Å². The van der Waals surface area contributed by atoms with Gasteiger partial charge in [0.1, 0.15) is 16.7 Å². The van der Waals surface area contributed by atoms with E-state index in [4.69, 9.17) is 8.83 Å². The van der Waals surface area contributed by atoms with E-state index in [0.29, 0.717) is 0 Å². The highest BCUT2D eigenvalue weighted by Crippen LogP contribution is 2.44. The van der Waals surface area contributed by atoms with Gasteiger partial charge in [-0.15, -0.1) is 0 Å². The van der Waals surface area contributed by atoms with E-state index < -0.39 is 0 Å². The van der Waals surface area contributed by atoms with Crippen LogP contribution in [0.15, 0.2) is 155 Å². The molecule has 0 N–H and O–H groups in total. The maximum atomic E-state index is 6.57. The summed E-state index contributed by atoms with van der Waals surface area (Å²) in [5.41, 5.74) is 8.94. The third-order valence-electron chi connectivity index (χ3n) is 8.38. The maximum absolute atomic E-state index is 6.57. The first-order valence-electron chi connectivity index (χ1n) is 14.4. The zero-order chi connectivity index (χ0) is 28.3. The Bertz CT molecular complexity index is 2400. The molecule has 0 aliphatic rings. The van der Waals surface area contributed by atoms with Gasteiger partial charge in [-0.3, -0.25) is 0 Å². The number of fused-ring (bicyclic) bond motifs is 9. The highest BCUT2D eigenvalue weighted by atomic mass is 16.3. The van der Waals surface area contributed by atoms with Crippen LogP contribution >= 0.6 is 0 Å². The van der Waals surface area contributed by atoms with Crippen molar-refractivity contribution >= 4 is 71.6 Å². The minimum atomic E-state index is 0.777. The quantitative estimate of drug-likeness (QED) is 0.204. The van der Waals surface area contributed by atoms with Crippen LogP contribution in [0.1, 0.15) is 0 Å². The van der Waals surface area contributed by atoms with Gasteiger partial charge in [-0.05, 0) is 82.6 Å². The van der Waals surface area contributed by atoms with Gasteiger partial charge < -0.3 is 13.7 Å². The zero-order valence-electron chi connectivity index (χ0n) is 23.1. The van der Waals surface area contributed by atoms with E-state index in [1.165, 1.54) is 6.39 Å². The van der Waals surface area contributed by atoms with Gasteiger partial charge in [0.05, 0.1) is 0 Å². The van der Waals surface area contributed by atoms with Gasteiger partial charge in [0, 0.05) is 38.6 Å². The number of furan rings is 1. The van der Waals surface area contributed by atoms with Gasteiger partial charge in [-0.25, -0.2) is 4.98 Å². The minimum absolute atomic E-state index is 0.777. The smallest absolute Gasteiger partial charge is 0.182 e. The van der Waals surface area contributed by atoms with Gasteiger partial charge >= 0.3 is 0 Å². The summed E-state index contributed by atoms with van der Waals surface area (Å²) >= 11 is 0. The molecular weight excluding hydrogens is 528 g/mol. The van der Waals surface area contributed by atoms with Gasteiger partial charge in [-0.1, -0.05) is 78.9 Å². The summed E-state index contributed by atoms with van der Waals surface area (Å²) in [7, 11) is 0. The van der Waals surface area contributed by atoms with Crippen molar-refractivity contribution in [2.24, 2.45) is 0 Å². The van der Waals surface area contributed by atoms with Crippen molar-refractivity contribution in [3.05, 3.63) is 146 Å². The Kier molecular flexibility index (Phi) is 5.16. The topological polar surface area (TPSA) is 42.4 Å². The summed E-state index contributed by atoms with van der Waals surface area (Å²) in [6, 6.07) is 48.8. The molecule has 0 saturated heterocycles. The molecule has 0 unspecified atom stereocenters. The molecule has 4 heteroatoms. The molecule has 0 aliphatic carbocycles. The molecule has 43 heavy (non-hydrogen) atoms. The predicted molar refractivity (Wildman–Crippen MR) is 176 cm³/mol. The first-order valence-corrected chi connectivity index (χ1v) is 14.4. The lowest BCUT2D eigenvalue weighted by Crippen LogP contribution is -2.09. The maximum Gasteiger partial charge on any atom is 0.182 e. The van der Waals surface area contributed by atoms with Gasteiger partial charge in [0.25, 0.3) is 0 Å². The number of benzene rings is 7. The highest BCUT2D eigenvalue weighted by molar-refractivity contribution is 6.30. The van der Waals surface area contributed by atoms with Gasteiger partial charge in [-0.2, -0.15) is 0 Å². The molecular formula is C39H24N2O2. The molecule has 0 spiro atoms. The van der Waals surface area contributed by atoms with E-state index in [9.17, 15) is 0 Å². The molecule has 0 bridgehead atoms. The molecule has 9 aromatic rings. The van der Waals surface area contributed by atoms with E-state index in [0.717, 1.165) is 82.8 Å². The molecule has 0 atom stereocenters. The Balaban J connectivity index is 1.29. The molecule has 0 radical (unpaired) electrons. The molecule has 2 aromatic heterocycles. The largest absolute Gasteiger partial charge is 0.455 e. The first kappa shape index (κ1) is 23.8. The molecule has 0 aliphatic heterocycles. The van der Waals surface area contributed by atoms with Crippen LogP contribution < -0.4 is 4.90 Å². The fourth-order valence-corrected chi connectivity index (χ4v) is 6.45. The molecule has 4 nitrogen and oxygen atoms in total. The van der Waals surface area contributed by atoms with Crippen molar-refractivity contribution in [1.82, 2.24) is 4.98 Å². The van der Waals surface area contributed by atoms with Crippen molar-refractivity contribution in [1.29, 1.82) is 0 Å². The number of oxazole rings is 1. The summed E-state index contributed by atoms with van der Waals surface area (Å²) in [4.78, 5) is 6.73. The number of rotatable bonds is 4. The third kappa shape index (κ3) is 3.67. The lowest BCUT2D eigenvalue weighted by Gasteiger charge is -2.25. The second kappa shape index (κ2) is 9.33. The van der Waals surface area contributed by atoms with Crippen LogP contribution in [0, 0.1) is 0 Å². The monoisotopic (exact) mass is 552 g/mol. The second-order valence-corrected chi connectivity index (χ2v) is 10.8. The number of aromatic nitrogens is 1. The lowest BCUT2D eigenvalue weighted by atomic mass is 9.91. The molecule has 0 amide bonds. The second-order valence-electron chi connectivity index (χ2n) is 10.8. The minimum Gasteiger partial charge on any atom is -0.455 e. The van der Waals surface area contributed by atoms with Crippen molar-refractivity contribution in [3.63, 3.8) is 0 Å². The Labute approximate surface area is 247 Å². The fraction of sp³-hybridized carbons (Fsp3) is 0. The molecule has 7 aromatic carbocycles. The molecule has 2 heterocycles. The highest BCUT2D eigenvalue weighted by Gasteiger charge is 2.19. The van der Waals surface area contributed by atoms with Crippen LogP contribution in [-0.2, 0) is 0 Å². The summed E-state index contributed by atoms with van der Waals surface area (Å²) in [5, 5.41) is 6.46. The van der Waals surface area contributed by atoms with Crippen molar-refractivity contribution in [3.8, 4) is 11.1 Å². The van der Waals surface area contributed by atoms with E-state index in [2.05, 4.69) is 119 Å².